The van der Waals surface area contributed by atoms with E-state index in [1.54, 1.807) is 6.07 Å². The summed E-state index contributed by atoms with van der Waals surface area (Å²) < 4.78 is 28.0. The van der Waals surface area contributed by atoms with E-state index in [9.17, 15) is 13.2 Å². The molecule has 5 N–H and O–H groups in total. The first-order chi connectivity index (χ1) is 9.81. The van der Waals surface area contributed by atoms with E-state index in [-0.39, 0.29) is 17.2 Å². The summed E-state index contributed by atoms with van der Waals surface area (Å²) in [7, 11) is -3.80. The van der Waals surface area contributed by atoms with Gasteiger partial charge in [0.15, 0.2) is 5.76 Å². The molecule has 1 heterocycles. The maximum absolute atomic E-state index is 12.0. The molecule has 0 aliphatic carbocycles. The van der Waals surface area contributed by atoms with Gasteiger partial charge in [-0.3, -0.25) is 4.79 Å². The molecule has 2 rings (SSSR count). The molecule has 1 aromatic heterocycles. The lowest BCUT2D eigenvalue weighted by Gasteiger charge is -2.07. The van der Waals surface area contributed by atoms with Gasteiger partial charge in [0.05, 0.1) is 17.1 Å². The monoisotopic (exact) mass is 373 g/mol. The van der Waals surface area contributed by atoms with Crippen LogP contribution in [0.25, 0.3) is 0 Å². The molecule has 0 radical (unpaired) electrons. The molecule has 1 aromatic carbocycles. The van der Waals surface area contributed by atoms with Crippen LogP contribution in [0.4, 0.5) is 5.69 Å². The highest BCUT2D eigenvalue weighted by Gasteiger charge is 2.15. The predicted molar refractivity (Wildman–Crippen MR) is 80.1 cm³/mol. The SMILES string of the molecule is NCc1ccc(C(=O)Nc2ccc(S(N)(=O)=O)cc2Br)o1. The van der Waals surface area contributed by atoms with Gasteiger partial charge in [-0.1, -0.05) is 0 Å². The van der Waals surface area contributed by atoms with Crippen molar-refractivity contribution in [3.05, 3.63) is 46.3 Å². The highest BCUT2D eigenvalue weighted by Crippen LogP contribution is 2.26. The van der Waals surface area contributed by atoms with Crippen molar-refractivity contribution < 1.29 is 17.6 Å². The van der Waals surface area contributed by atoms with Gasteiger partial charge in [-0.05, 0) is 46.3 Å². The van der Waals surface area contributed by atoms with Gasteiger partial charge in [0.1, 0.15) is 5.76 Å². The van der Waals surface area contributed by atoms with Crippen LogP contribution in [0.5, 0.6) is 0 Å². The van der Waals surface area contributed by atoms with Gasteiger partial charge >= 0.3 is 0 Å². The Hall–Kier alpha value is -1.68. The van der Waals surface area contributed by atoms with Crippen LogP contribution in [0.15, 0.2) is 44.1 Å². The number of sulfonamides is 1. The van der Waals surface area contributed by atoms with Crippen molar-refractivity contribution in [3.8, 4) is 0 Å². The van der Waals surface area contributed by atoms with E-state index < -0.39 is 15.9 Å². The van der Waals surface area contributed by atoms with Crippen LogP contribution < -0.4 is 16.2 Å². The number of benzene rings is 1. The second kappa shape index (κ2) is 5.98. The van der Waals surface area contributed by atoms with Crippen molar-refractivity contribution in [3.63, 3.8) is 0 Å². The Morgan fingerprint density at radius 3 is 2.52 bits per heavy atom. The molecule has 21 heavy (non-hydrogen) atoms. The Balaban J connectivity index is 2.22. The number of halogens is 1. The first-order valence-corrected chi connectivity index (χ1v) is 8.07. The van der Waals surface area contributed by atoms with E-state index in [4.69, 9.17) is 15.3 Å². The number of rotatable bonds is 4. The lowest BCUT2D eigenvalue weighted by atomic mass is 10.3. The van der Waals surface area contributed by atoms with Crippen molar-refractivity contribution in [2.24, 2.45) is 10.9 Å². The Morgan fingerprint density at radius 2 is 2.00 bits per heavy atom. The molecule has 9 heteroatoms. The third-order valence-electron chi connectivity index (χ3n) is 2.60. The molecule has 0 aliphatic rings. The first-order valence-electron chi connectivity index (χ1n) is 5.74. The fourth-order valence-electron chi connectivity index (χ4n) is 1.57. The summed E-state index contributed by atoms with van der Waals surface area (Å²) >= 11 is 3.17. The number of carbonyl (C=O) groups is 1. The Kier molecular flexibility index (Phi) is 4.47. The smallest absolute Gasteiger partial charge is 0.291 e. The van der Waals surface area contributed by atoms with Gasteiger partial charge in [0, 0.05) is 4.47 Å². The van der Waals surface area contributed by atoms with Crippen molar-refractivity contribution in [2.75, 3.05) is 5.32 Å². The number of amides is 1. The molecule has 0 spiro atoms. The second-order valence-corrected chi connectivity index (χ2v) is 6.53. The lowest BCUT2D eigenvalue weighted by Crippen LogP contribution is -2.14. The number of carbonyl (C=O) groups excluding carboxylic acids is 1. The lowest BCUT2D eigenvalue weighted by molar-refractivity contribution is 0.0995. The van der Waals surface area contributed by atoms with Crippen LogP contribution in [-0.2, 0) is 16.6 Å². The van der Waals surface area contributed by atoms with Gasteiger partial charge in [0.25, 0.3) is 5.91 Å². The Morgan fingerprint density at radius 1 is 1.29 bits per heavy atom. The zero-order chi connectivity index (χ0) is 15.6. The summed E-state index contributed by atoms with van der Waals surface area (Å²) in [5.74, 6) is 0.125. The average molecular weight is 374 g/mol. The summed E-state index contributed by atoms with van der Waals surface area (Å²) in [6.45, 7) is 0.194. The van der Waals surface area contributed by atoms with Crippen LogP contribution in [0.2, 0.25) is 0 Å². The molecular formula is C12H12BrN3O4S. The summed E-state index contributed by atoms with van der Waals surface area (Å²) in [6.07, 6.45) is 0. The maximum atomic E-state index is 12.0. The summed E-state index contributed by atoms with van der Waals surface area (Å²) in [5.41, 5.74) is 5.78. The molecule has 0 atom stereocenters. The number of primary sulfonamides is 1. The number of nitrogens with two attached hydrogens (primary N) is 2. The Labute approximate surface area is 129 Å². The van der Waals surface area contributed by atoms with Gasteiger partial charge in [-0.2, -0.15) is 0 Å². The minimum Gasteiger partial charge on any atom is -0.455 e. The molecule has 0 bridgehead atoms. The van der Waals surface area contributed by atoms with Gasteiger partial charge in [-0.15, -0.1) is 0 Å². The van der Waals surface area contributed by atoms with E-state index in [1.165, 1.54) is 24.3 Å². The molecule has 1 amide bonds. The van der Waals surface area contributed by atoms with Gasteiger partial charge in [0.2, 0.25) is 10.0 Å². The number of anilines is 1. The molecule has 0 unspecified atom stereocenters. The van der Waals surface area contributed by atoms with Crippen LogP contribution in [-0.4, -0.2) is 14.3 Å². The second-order valence-electron chi connectivity index (χ2n) is 4.11. The number of nitrogens with one attached hydrogen (secondary N) is 1. The molecule has 112 valence electrons. The van der Waals surface area contributed by atoms with Crippen LogP contribution in [0, 0.1) is 0 Å². The molecule has 7 nitrogen and oxygen atoms in total. The van der Waals surface area contributed by atoms with Crippen LogP contribution >= 0.6 is 15.9 Å². The van der Waals surface area contributed by atoms with E-state index in [1.807, 2.05) is 0 Å². The minimum absolute atomic E-state index is 0.0595. The molecule has 0 fully saturated rings. The molecular weight excluding hydrogens is 362 g/mol. The van der Waals surface area contributed by atoms with Crippen molar-refractivity contribution in [1.82, 2.24) is 0 Å². The highest BCUT2D eigenvalue weighted by molar-refractivity contribution is 9.10. The normalized spacial score (nSPS) is 11.4. The van der Waals surface area contributed by atoms with Crippen LogP contribution in [0.3, 0.4) is 0 Å². The molecule has 0 saturated carbocycles. The van der Waals surface area contributed by atoms with Crippen molar-refractivity contribution in [1.29, 1.82) is 0 Å². The van der Waals surface area contributed by atoms with E-state index in [0.717, 1.165) is 0 Å². The fourth-order valence-corrected chi connectivity index (χ4v) is 2.74. The molecule has 0 saturated heterocycles. The third-order valence-corrected chi connectivity index (χ3v) is 4.17. The zero-order valence-electron chi connectivity index (χ0n) is 10.7. The molecule has 0 aliphatic heterocycles. The topological polar surface area (TPSA) is 128 Å². The number of hydrogen-bond acceptors (Lipinski definition) is 5. The predicted octanol–water partition coefficient (Wildman–Crippen LogP) is 1.40. The standard InChI is InChI=1S/C12H12BrN3O4S/c13-9-5-8(21(15,18)19)2-3-10(9)16-12(17)11-4-1-7(6-14)20-11/h1-5H,6,14H2,(H,16,17)(H2,15,18,19). The van der Waals surface area contributed by atoms with Crippen molar-refractivity contribution in [2.45, 2.75) is 11.4 Å². The first kappa shape index (κ1) is 15.7. The average Bonchev–Trinajstić information content (AvgIpc) is 2.88. The summed E-state index contributed by atoms with van der Waals surface area (Å²) in [5, 5.41) is 7.61. The van der Waals surface area contributed by atoms with E-state index >= 15 is 0 Å². The third kappa shape index (κ3) is 3.70. The van der Waals surface area contributed by atoms with Gasteiger partial charge in [-0.25, -0.2) is 13.6 Å². The van der Waals surface area contributed by atoms with Crippen molar-refractivity contribution >= 4 is 37.5 Å². The summed E-state index contributed by atoms with van der Waals surface area (Å²) in [4.78, 5) is 11.9. The van der Waals surface area contributed by atoms with Gasteiger partial charge < -0.3 is 15.5 Å². The van der Waals surface area contributed by atoms with Crippen LogP contribution in [0.1, 0.15) is 16.3 Å². The van der Waals surface area contributed by atoms with E-state index in [2.05, 4.69) is 21.2 Å². The maximum Gasteiger partial charge on any atom is 0.291 e. The number of hydrogen-bond donors (Lipinski definition) is 3. The van der Waals surface area contributed by atoms with E-state index in [0.29, 0.717) is 15.9 Å². The molecule has 2 aromatic rings. The highest BCUT2D eigenvalue weighted by atomic mass is 79.9. The number of furan rings is 1. The Bertz CT molecular complexity index is 786. The fraction of sp³-hybridized carbons (Fsp3) is 0.0833. The zero-order valence-corrected chi connectivity index (χ0v) is 13.1. The quantitative estimate of drug-likeness (QED) is 0.745. The minimum atomic E-state index is -3.80. The largest absolute Gasteiger partial charge is 0.455 e. The summed E-state index contributed by atoms with van der Waals surface area (Å²) in [6, 6.07) is 7.13.